The topological polar surface area (TPSA) is 74.0 Å². The first-order valence-electron chi connectivity index (χ1n) is 5.96. The Kier molecular flexibility index (Phi) is 3.93. The number of carbonyl (C=O) groups excluding carboxylic acids is 1. The number of aromatic nitrogens is 1. The summed E-state index contributed by atoms with van der Waals surface area (Å²) in [6.45, 7) is 1.71. The smallest absolute Gasteiger partial charge is 0.267 e. The van der Waals surface area contributed by atoms with Crippen LogP contribution in [-0.2, 0) is 0 Å². The Morgan fingerprint density at radius 3 is 3.06 bits per heavy atom. The van der Waals surface area contributed by atoms with Crippen LogP contribution in [0.1, 0.15) is 29.8 Å². The summed E-state index contributed by atoms with van der Waals surface area (Å²) in [6.07, 6.45) is 3.32. The molecule has 3 N–H and O–H groups in total. The van der Waals surface area contributed by atoms with E-state index in [0.717, 1.165) is 13.0 Å². The summed E-state index contributed by atoms with van der Waals surface area (Å²) in [4.78, 5) is 25.2. The van der Waals surface area contributed by atoms with Crippen LogP contribution < -0.4 is 16.2 Å². The largest absolute Gasteiger partial charge is 0.351 e. The zero-order valence-electron chi connectivity index (χ0n) is 9.66. The van der Waals surface area contributed by atoms with E-state index in [-0.39, 0.29) is 11.5 Å². The summed E-state index contributed by atoms with van der Waals surface area (Å²) >= 11 is 0. The minimum Gasteiger partial charge on any atom is -0.351 e. The molecule has 0 bridgehead atoms. The Balaban J connectivity index is 1.79. The number of nitrogens with one attached hydrogen (secondary N) is 3. The van der Waals surface area contributed by atoms with Crippen LogP contribution in [0.5, 0.6) is 0 Å². The van der Waals surface area contributed by atoms with Gasteiger partial charge in [-0.1, -0.05) is 6.07 Å². The highest BCUT2D eigenvalue weighted by atomic mass is 16.2. The van der Waals surface area contributed by atoms with Crippen molar-refractivity contribution in [1.29, 1.82) is 0 Å². The second-order valence-electron chi connectivity index (χ2n) is 4.27. The lowest BCUT2D eigenvalue weighted by Crippen LogP contribution is -2.31. The molecule has 5 nitrogen and oxygen atoms in total. The molecular formula is C12H17N3O2. The van der Waals surface area contributed by atoms with E-state index in [2.05, 4.69) is 15.6 Å². The zero-order chi connectivity index (χ0) is 12.1. The fourth-order valence-electron chi connectivity index (χ4n) is 2.04. The lowest BCUT2D eigenvalue weighted by atomic mass is 10.1. The number of H-pyrrole nitrogens is 1. The number of amides is 1. The highest BCUT2D eigenvalue weighted by molar-refractivity contribution is 5.92. The van der Waals surface area contributed by atoms with Crippen LogP contribution in [0.4, 0.5) is 0 Å². The summed E-state index contributed by atoms with van der Waals surface area (Å²) < 4.78 is 0. The molecule has 0 radical (unpaired) electrons. The lowest BCUT2D eigenvalue weighted by Gasteiger charge is -2.10. The van der Waals surface area contributed by atoms with Crippen LogP contribution in [0.2, 0.25) is 0 Å². The van der Waals surface area contributed by atoms with Crippen molar-refractivity contribution in [2.45, 2.75) is 25.3 Å². The molecule has 1 fully saturated rings. The monoisotopic (exact) mass is 235 g/mol. The van der Waals surface area contributed by atoms with Gasteiger partial charge in [0.15, 0.2) is 0 Å². The van der Waals surface area contributed by atoms with Crippen molar-refractivity contribution in [3.8, 4) is 0 Å². The van der Waals surface area contributed by atoms with Gasteiger partial charge in [-0.2, -0.15) is 0 Å². The van der Waals surface area contributed by atoms with Gasteiger partial charge in [0.05, 0.1) is 0 Å². The van der Waals surface area contributed by atoms with E-state index in [1.54, 1.807) is 12.1 Å². The Bertz CT molecular complexity index is 435. The molecule has 0 spiro atoms. The number of hydrogen-bond acceptors (Lipinski definition) is 3. The molecule has 1 saturated heterocycles. The van der Waals surface area contributed by atoms with Crippen molar-refractivity contribution in [3.05, 3.63) is 34.2 Å². The maximum Gasteiger partial charge on any atom is 0.267 e. The van der Waals surface area contributed by atoms with Crippen LogP contribution in [0.3, 0.4) is 0 Å². The second kappa shape index (κ2) is 5.63. The Labute approximate surface area is 99.6 Å². The van der Waals surface area contributed by atoms with Gasteiger partial charge in [-0.05, 0) is 31.9 Å². The summed E-state index contributed by atoms with van der Waals surface area (Å²) in [7, 11) is 0. The van der Waals surface area contributed by atoms with Gasteiger partial charge in [0.25, 0.3) is 5.91 Å². The molecule has 1 atom stereocenters. The van der Waals surface area contributed by atoms with E-state index in [9.17, 15) is 9.59 Å². The standard InChI is InChI=1S/C12H17N3O2/c16-11-5-1-4-10(15-11)12(17)14-8-6-9-3-2-7-13-9/h1,4-5,9,13H,2-3,6-8H2,(H,14,17)(H,15,16)/t9-/m0/s1. The van der Waals surface area contributed by atoms with Crippen molar-refractivity contribution in [3.63, 3.8) is 0 Å². The van der Waals surface area contributed by atoms with E-state index in [0.29, 0.717) is 18.3 Å². The number of carbonyl (C=O) groups is 1. The summed E-state index contributed by atoms with van der Waals surface area (Å²) in [6, 6.07) is 5.08. The first kappa shape index (κ1) is 11.9. The van der Waals surface area contributed by atoms with Gasteiger partial charge in [-0.3, -0.25) is 9.59 Å². The molecule has 1 aliphatic heterocycles. The van der Waals surface area contributed by atoms with Crippen LogP contribution in [-0.4, -0.2) is 30.0 Å². The van der Waals surface area contributed by atoms with Gasteiger partial charge < -0.3 is 15.6 Å². The van der Waals surface area contributed by atoms with Gasteiger partial charge in [0.2, 0.25) is 5.56 Å². The van der Waals surface area contributed by atoms with Crippen LogP contribution in [0.15, 0.2) is 23.0 Å². The Morgan fingerprint density at radius 2 is 2.35 bits per heavy atom. The molecule has 5 heteroatoms. The van der Waals surface area contributed by atoms with Crippen LogP contribution in [0.25, 0.3) is 0 Å². The fraction of sp³-hybridized carbons (Fsp3) is 0.500. The summed E-state index contributed by atoms with van der Waals surface area (Å²) in [5.41, 5.74) is 0.0620. The molecule has 0 unspecified atom stereocenters. The lowest BCUT2D eigenvalue weighted by molar-refractivity contribution is 0.0947. The molecule has 1 aromatic rings. The molecule has 92 valence electrons. The Hall–Kier alpha value is -1.62. The number of rotatable bonds is 4. The minimum atomic E-state index is -0.255. The molecule has 0 aliphatic carbocycles. The second-order valence-corrected chi connectivity index (χ2v) is 4.27. The predicted octanol–water partition coefficient (Wildman–Crippen LogP) is 0.247. The molecule has 1 aromatic heterocycles. The van der Waals surface area contributed by atoms with Gasteiger partial charge in [0.1, 0.15) is 5.69 Å². The maximum absolute atomic E-state index is 11.7. The minimum absolute atomic E-state index is 0.222. The third kappa shape index (κ3) is 3.42. The SMILES string of the molecule is O=C(NCC[C@@H]1CCCN1)c1cccc(=O)[nH]1. The van der Waals surface area contributed by atoms with E-state index in [4.69, 9.17) is 0 Å². The normalized spacial score (nSPS) is 19.2. The highest BCUT2D eigenvalue weighted by Gasteiger charge is 2.14. The van der Waals surface area contributed by atoms with Gasteiger partial charge in [-0.25, -0.2) is 0 Å². The number of pyridine rings is 1. The Morgan fingerprint density at radius 1 is 1.47 bits per heavy atom. The van der Waals surface area contributed by atoms with Crippen molar-refractivity contribution >= 4 is 5.91 Å². The quantitative estimate of drug-likeness (QED) is 0.700. The maximum atomic E-state index is 11.7. The molecule has 0 saturated carbocycles. The summed E-state index contributed by atoms with van der Waals surface area (Å²) in [5, 5.41) is 6.17. The molecule has 1 amide bonds. The van der Waals surface area contributed by atoms with Crippen LogP contribution >= 0.6 is 0 Å². The van der Waals surface area contributed by atoms with Gasteiger partial charge in [-0.15, -0.1) is 0 Å². The first-order valence-corrected chi connectivity index (χ1v) is 5.96. The molecule has 2 rings (SSSR count). The average molecular weight is 235 g/mol. The average Bonchev–Trinajstić information content (AvgIpc) is 2.82. The molecule has 2 heterocycles. The summed E-state index contributed by atoms with van der Waals surface area (Å²) in [5.74, 6) is -0.222. The van der Waals surface area contributed by atoms with E-state index >= 15 is 0 Å². The van der Waals surface area contributed by atoms with Crippen LogP contribution in [0, 0.1) is 0 Å². The molecule has 0 aromatic carbocycles. The third-order valence-electron chi connectivity index (χ3n) is 2.95. The molecule has 17 heavy (non-hydrogen) atoms. The third-order valence-corrected chi connectivity index (χ3v) is 2.95. The fourth-order valence-corrected chi connectivity index (χ4v) is 2.04. The van der Waals surface area contributed by atoms with Crippen molar-refractivity contribution < 1.29 is 4.79 Å². The number of hydrogen-bond donors (Lipinski definition) is 3. The van der Waals surface area contributed by atoms with E-state index in [1.807, 2.05) is 0 Å². The zero-order valence-corrected chi connectivity index (χ0v) is 9.66. The first-order chi connectivity index (χ1) is 8.25. The van der Waals surface area contributed by atoms with Gasteiger partial charge in [0, 0.05) is 18.7 Å². The van der Waals surface area contributed by atoms with E-state index < -0.39 is 0 Å². The molecule has 1 aliphatic rings. The van der Waals surface area contributed by atoms with Crippen molar-refractivity contribution in [1.82, 2.24) is 15.6 Å². The van der Waals surface area contributed by atoms with Crippen molar-refractivity contribution in [2.24, 2.45) is 0 Å². The predicted molar refractivity (Wildman–Crippen MR) is 65.0 cm³/mol. The highest BCUT2D eigenvalue weighted by Crippen LogP contribution is 2.07. The van der Waals surface area contributed by atoms with E-state index in [1.165, 1.54) is 18.9 Å². The van der Waals surface area contributed by atoms with Gasteiger partial charge >= 0.3 is 0 Å². The molecular weight excluding hydrogens is 218 g/mol. The van der Waals surface area contributed by atoms with Crippen molar-refractivity contribution in [2.75, 3.05) is 13.1 Å². The number of aromatic amines is 1.